The summed E-state index contributed by atoms with van der Waals surface area (Å²) in [6, 6.07) is 0.248. The van der Waals surface area contributed by atoms with Crippen molar-refractivity contribution in [2.45, 2.75) is 25.3 Å². The maximum Gasteiger partial charge on any atom is 0.228 e. The van der Waals surface area contributed by atoms with Crippen LogP contribution in [-0.2, 0) is 9.53 Å². The Bertz CT molecular complexity index is 235. The molecule has 2 aliphatic rings. The van der Waals surface area contributed by atoms with Gasteiger partial charge in [0, 0.05) is 26.2 Å². The highest BCUT2D eigenvalue weighted by atomic mass is 16.5. The second kappa shape index (κ2) is 4.49. The molecule has 2 N–H and O–H groups in total. The van der Waals surface area contributed by atoms with Gasteiger partial charge in [-0.1, -0.05) is 0 Å². The molecule has 86 valence electrons. The normalized spacial score (nSPS) is 27.7. The Morgan fingerprint density at radius 2 is 2.27 bits per heavy atom. The van der Waals surface area contributed by atoms with Crippen LogP contribution in [0.2, 0.25) is 0 Å². The van der Waals surface area contributed by atoms with E-state index in [-0.39, 0.29) is 17.9 Å². The number of hydrogen-bond acceptors (Lipinski definition) is 3. The van der Waals surface area contributed by atoms with Crippen molar-refractivity contribution in [3.63, 3.8) is 0 Å². The molecule has 2 atom stereocenters. The summed E-state index contributed by atoms with van der Waals surface area (Å²) in [6.45, 7) is 1.90. The third-order valence-corrected chi connectivity index (χ3v) is 3.53. The maximum atomic E-state index is 12.1. The minimum Gasteiger partial charge on any atom is -0.381 e. The van der Waals surface area contributed by atoms with Gasteiger partial charge in [-0.05, 0) is 25.2 Å². The van der Waals surface area contributed by atoms with Gasteiger partial charge in [-0.15, -0.1) is 0 Å². The van der Waals surface area contributed by atoms with Gasteiger partial charge < -0.3 is 15.4 Å². The topological polar surface area (TPSA) is 55.6 Å². The molecule has 2 unspecified atom stereocenters. The number of carbonyl (C=O) groups excluding carboxylic acids is 1. The summed E-state index contributed by atoms with van der Waals surface area (Å²) in [7, 11) is 1.89. The van der Waals surface area contributed by atoms with Crippen molar-refractivity contribution in [3.05, 3.63) is 0 Å². The Hall–Kier alpha value is -0.610. The van der Waals surface area contributed by atoms with Gasteiger partial charge in [0.2, 0.25) is 5.91 Å². The number of nitrogens with zero attached hydrogens (tertiary/aromatic N) is 1. The molecule has 1 amide bonds. The predicted molar refractivity (Wildman–Crippen MR) is 57.3 cm³/mol. The van der Waals surface area contributed by atoms with Crippen molar-refractivity contribution in [1.29, 1.82) is 0 Å². The molecule has 0 aromatic heterocycles. The minimum atomic E-state index is 0.0720. The van der Waals surface area contributed by atoms with Gasteiger partial charge in [-0.25, -0.2) is 0 Å². The van der Waals surface area contributed by atoms with Gasteiger partial charge in [-0.3, -0.25) is 4.79 Å². The van der Waals surface area contributed by atoms with Crippen molar-refractivity contribution in [1.82, 2.24) is 4.90 Å². The van der Waals surface area contributed by atoms with Gasteiger partial charge in [0.15, 0.2) is 0 Å². The lowest BCUT2D eigenvalue weighted by atomic mass is 10.0. The molecular formula is C11H20N2O2. The maximum absolute atomic E-state index is 12.1. The summed E-state index contributed by atoms with van der Waals surface area (Å²) in [5.74, 6) is 0.934. The molecule has 15 heavy (non-hydrogen) atoms. The average Bonchev–Trinajstić information content (AvgIpc) is 2.93. The molecule has 1 saturated heterocycles. The van der Waals surface area contributed by atoms with Crippen LogP contribution in [0.4, 0.5) is 0 Å². The molecule has 0 spiro atoms. The van der Waals surface area contributed by atoms with Gasteiger partial charge in [0.25, 0.3) is 0 Å². The average molecular weight is 212 g/mol. The summed E-state index contributed by atoms with van der Waals surface area (Å²) in [5, 5.41) is 0. The van der Waals surface area contributed by atoms with Crippen LogP contribution in [0.3, 0.4) is 0 Å². The van der Waals surface area contributed by atoms with Crippen LogP contribution >= 0.6 is 0 Å². The zero-order valence-corrected chi connectivity index (χ0v) is 9.32. The highest BCUT2D eigenvalue weighted by molar-refractivity contribution is 5.79. The first-order chi connectivity index (χ1) is 7.24. The monoisotopic (exact) mass is 212 g/mol. The second-order valence-corrected chi connectivity index (χ2v) is 4.65. The molecule has 1 saturated carbocycles. The van der Waals surface area contributed by atoms with E-state index in [2.05, 4.69) is 0 Å². The predicted octanol–water partition coefficient (Wildman–Crippen LogP) is 0.219. The molecule has 0 aromatic carbocycles. The highest BCUT2D eigenvalue weighted by Gasteiger charge is 2.37. The number of carbonyl (C=O) groups is 1. The third kappa shape index (κ3) is 2.32. The first-order valence-corrected chi connectivity index (χ1v) is 5.78. The molecule has 4 heteroatoms. The van der Waals surface area contributed by atoms with Gasteiger partial charge in [-0.2, -0.15) is 0 Å². The SMILES string of the molecule is CN(C(=O)C1CCOC1)C(CN)C1CC1. The zero-order valence-electron chi connectivity index (χ0n) is 9.32. The molecule has 4 nitrogen and oxygen atoms in total. The lowest BCUT2D eigenvalue weighted by molar-refractivity contribution is -0.136. The van der Waals surface area contributed by atoms with Crippen LogP contribution in [-0.4, -0.2) is 43.7 Å². The Balaban J connectivity index is 1.92. The van der Waals surface area contributed by atoms with E-state index in [1.807, 2.05) is 11.9 Å². The summed E-state index contributed by atoms with van der Waals surface area (Å²) < 4.78 is 5.24. The van der Waals surface area contributed by atoms with E-state index in [4.69, 9.17) is 10.5 Å². The smallest absolute Gasteiger partial charge is 0.228 e. The Morgan fingerprint density at radius 3 is 2.73 bits per heavy atom. The molecular weight excluding hydrogens is 192 g/mol. The number of ether oxygens (including phenoxy) is 1. The number of nitrogens with two attached hydrogens (primary N) is 1. The molecule has 0 bridgehead atoms. The number of likely N-dealkylation sites (N-methyl/N-ethyl adjacent to an activating group) is 1. The third-order valence-electron chi connectivity index (χ3n) is 3.53. The van der Waals surface area contributed by atoms with Gasteiger partial charge >= 0.3 is 0 Å². The Kier molecular flexibility index (Phi) is 3.26. The van der Waals surface area contributed by atoms with E-state index in [1.165, 1.54) is 12.8 Å². The first-order valence-electron chi connectivity index (χ1n) is 5.78. The van der Waals surface area contributed by atoms with Crippen molar-refractivity contribution >= 4 is 5.91 Å². The van der Waals surface area contributed by atoms with Crippen molar-refractivity contribution in [3.8, 4) is 0 Å². The fourth-order valence-electron chi connectivity index (χ4n) is 2.33. The Labute approximate surface area is 90.8 Å². The number of rotatable bonds is 4. The lowest BCUT2D eigenvalue weighted by Crippen LogP contribution is -2.46. The summed E-state index contributed by atoms with van der Waals surface area (Å²) >= 11 is 0. The summed E-state index contributed by atoms with van der Waals surface area (Å²) in [6.07, 6.45) is 3.31. The molecule has 0 aromatic rings. The molecule has 2 rings (SSSR count). The van der Waals surface area contributed by atoms with E-state index in [1.54, 1.807) is 0 Å². The van der Waals surface area contributed by atoms with Crippen molar-refractivity contribution in [2.75, 3.05) is 26.8 Å². The number of amides is 1. The van der Waals surface area contributed by atoms with E-state index in [9.17, 15) is 4.79 Å². The van der Waals surface area contributed by atoms with E-state index >= 15 is 0 Å². The lowest BCUT2D eigenvalue weighted by Gasteiger charge is -2.29. The van der Waals surface area contributed by atoms with E-state index < -0.39 is 0 Å². The quantitative estimate of drug-likeness (QED) is 0.725. The standard InChI is InChI=1S/C11H20N2O2/c1-13(10(6-12)8-2-3-8)11(14)9-4-5-15-7-9/h8-10H,2-7,12H2,1H3. The Morgan fingerprint density at radius 1 is 1.53 bits per heavy atom. The fraction of sp³-hybridized carbons (Fsp3) is 0.909. The summed E-state index contributed by atoms with van der Waals surface area (Å²) in [4.78, 5) is 13.9. The molecule has 0 radical (unpaired) electrons. The van der Waals surface area contributed by atoms with Crippen molar-refractivity contribution < 1.29 is 9.53 Å². The highest BCUT2D eigenvalue weighted by Crippen LogP contribution is 2.35. The minimum absolute atomic E-state index is 0.0720. The van der Waals surface area contributed by atoms with Crippen LogP contribution in [0.15, 0.2) is 0 Å². The summed E-state index contributed by atoms with van der Waals surface area (Å²) in [5.41, 5.74) is 5.73. The van der Waals surface area contributed by atoms with Gasteiger partial charge in [0.05, 0.1) is 12.5 Å². The first kappa shape index (κ1) is 10.9. The second-order valence-electron chi connectivity index (χ2n) is 4.65. The van der Waals surface area contributed by atoms with Crippen LogP contribution in [0.25, 0.3) is 0 Å². The molecule has 2 fully saturated rings. The van der Waals surface area contributed by atoms with Crippen LogP contribution in [0, 0.1) is 11.8 Å². The van der Waals surface area contributed by atoms with Crippen LogP contribution < -0.4 is 5.73 Å². The molecule has 1 aliphatic heterocycles. The van der Waals surface area contributed by atoms with Crippen LogP contribution in [0.1, 0.15) is 19.3 Å². The molecule has 1 aliphatic carbocycles. The van der Waals surface area contributed by atoms with Gasteiger partial charge in [0.1, 0.15) is 0 Å². The largest absolute Gasteiger partial charge is 0.381 e. The van der Waals surface area contributed by atoms with E-state index in [0.717, 1.165) is 13.0 Å². The zero-order chi connectivity index (χ0) is 10.8. The van der Waals surface area contributed by atoms with Crippen molar-refractivity contribution in [2.24, 2.45) is 17.6 Å². The fourth-order valence-corrected chi connectivity index (χ4v) is 2.33. The van der Waals surface area contributed by atoms with E-state index in [0.29, 0.717) is 19.1 Å². The van der Waals surface area contributed by atoms with Crippen LogP contribution in [0.5, 0.6) is 0 Å². The number of hydrogen-bond donors (Lipinski definition) is 1. The molecule has 1 heterocycles.